The molecule has 2 fully saturated rings. The Morgan fingerprint density at radius 2 is 1.32 bits per heavy atom. The van der Waals surface area contributed by atoms with Crippen molar-refractivity contribution in [2.45, 2.75) is 57.5 Å². The van der Waals surface area contributed by atoms with Gasteiger partial charge in [-0.05, 0) is 73.7 Å². The fraction of sp³-hybridized carbons (Fsp3) is 0.366. The Morgan fingerprint density at radius 3 is 1.88 bits per heavy atom. The van der Waals surface area contributed by atoms with E-state index in [4.69, 9.17) is 14.2 Å². The summed E-state index contributed by atoms with van der Waals surface area (Å²) in [5, 5.41) is 24.9. The summed E-state index contributed by atoms with van der Waals surface area (Å²) >= 11 is 0. The first kappa shape index (κ1) is 33.6. The lowest BCUT2D eigenvalue weighted by atomic mass is 9.59. The van der Waals surface area contributed by atoms with Crippen LogP contribution in [0.1, 0.15) is 65.2 Å². The maximum Gasteiger partial charge on any atom is 0.338 e. The van der Waals surface area contributed by atoms with Gasteiger partial charge in [-0.25, -0.2) is 14.4 Å². The van der Waals surface area contributed by atoms with Crippen molar-refractivity contribution in [3.8, 4) is 0 Å². The summed E-state index contributed by atoms with van der Waals surface area (Å²) in [6, 6.07) is 25.4. The van der Waals surface area contributed by atoms with E-state index in [9.17, 15) is 24.6 Å². The number of ketones is 1. The highest BCUT2D eigenvalue weighted by Crippen LogP contribution is 2.75. The van der Waals surface area contributed by atoms with Gasteiger partial charge in [0.15, 0.2) is 17.5 Å². The highest BCUT2D eigenvalue weighted by Gasteiger charge is 2.85. The van der Waals surface area contributed by atoms with Crippen molar-refractivity contribution in [3.05, 3.63) is 131 Å². The molecular weight excluding hydrogens is 636 g/mol. The van der Waals surface area contributed by atoms with E-state index in [1.807, 2.05) is 6.92 Å². The van der Waals surface area contributed by atoms with Crippen LogP contribution in [0, 0.1) is 28.6 Å². The third-order valence-electron chi connectivity index (χ3n) is 11.8. The van der Waals surface area contributed by atoms with Gasteiger partial charge in [0, 0.05) is 17.3 Å². The fourth-order valence-corrected chi connectivity index (χ4v) is 9.31. The molecule has 3 aromatic carbocycles. The molecule has 4 aliphatic carbocycles. The minimum absolute atomic E-state index is 0.0862. The third kappa shape index (κ3) is 4.67. The number of esters is 3. The van der Waals surface area contributed by atoms with Crippen LogP contribution in [0.2, 0.25) is 0 Å². The number of Topliss-reactive ketones (excluding diaryl/α,β-unsaturated/α-hetero) is 1. The number of allylic oxidation sites excluding steroid dienone is 1. The number of carbonyl (C=O) groups is 4. The first-order chi connectivity index (χ1) is 23.8. The molecule has 0 aromatic heterocycles. The van der Waals surface area contributed by atoms with Crippen LogP contribution in [0.15, 0.2) is 114 Å². The van der Waals surface area contributed by atoms with Crippen LogP contribution in [0.25, 0.3) is 0 Å². The van der Waals surface area contributed by atoms with Crippen molar-refractivity contribution in [2.24, 2.45) is 28.6 Å². The second-order valence-electron chi connectivity index (χ2n) is 14.5. The van der Waals surface area contributed by atoms with Crippen LogP contribution in [0.4, 0.5) is 0 Å². The predicted octanol–water partition coefficient (Wildman–Crippen LogP) is 5.52. The number of hydrogen-bond donors (Lipinski definition) is 2. The Hall–Kier alpha value is -4.86. The minimum Gasteiger partial charge on any atom is -0.461 e. The lowest BCUT2D eigenvalue weighted by molar-refractivity contribution is -0.191. The summed E-state index contributed by atoms with van der Waals surface area (Å²) in [4.78, 5) is 55.6. The highest BCUT2D eigenvalue weighted by atomic mass is 16.6. The van der Waals surface area contributed by atoms with Gasteiger partial charge in [0.25, 0.3) is 0 Å². The molecule has 9 heteroatoms. The van der Waals surface area contributed by atoms with E-state index in [-0.39, 0.29) is 24.4 Å². The topological polar surface area (TPSA) is 136 Å². The second-order valence-corrected chi connectivity index (χ2v) is 14.5. The smallest absolute Gasteiger partial charge is 0.338 e. The molecule has 0 amide bonds. The zero-order valence-corrected chi connectivity index (χ0v) is 28.4. The molecule has 4 aliphatic rings. The van der Waals surface area contributed by atoms with E-state index < -0.39 is 69.9 Å². The van der Waals surface area contributed by atoms with Crippen LogP contribution in [0.3, 0.4) is 0 Å². The van der Waals surface area contributed by atoms with Gasteiger partial charge in [-0.3, -0.25) is 4.79 Å². The molecular formula is C41H40O9. The first-order valence-electron chi connectivity index (χ1n) is 16.9. The SMILES string of the molecule is CC1=CC2C(=O)C3(C=C(C)C(OC(=O)c4ccccc4)C3(O)C1O)C(C)CC1(OC(=O)c3ccccc3)C2C1(C)COC(=O)c1ccccc1. The molecule has 9 unspecified atom stereocenters. The summed E-state index contributed by atoms with van der Waals surface area (Å²) in [5.41, 5.74) is -4.65. The van der Waals surface area contributed by atoms with Crippen LogP contribution in [-0.2, 0) is 19.0 Å². The van der Waals surface area contributed by atoms with E-state index in [0.717, 1.165) is 0 Å². The lowest BCUT2D eigenvalue weighted by Crippen LogP contribution is -2.65. The average Bonchev–Trinajstić information content (AvgIpc) is 3.57. The molecule has 1 spiro atoms. The molecule has 0 aliphatic heterocycles. The van der Waals surface area contributed by atoms with Gasteiger partial charge in [-0.1, -0.05) is 80.6 Å². The summed E-state index contributed by atoms with van der Waals surface area (Å²) < 4.78 is 18.4. The maximum absolute atomic E-state index is 15.2. The quantitative estimate of drug-likeness (QED) is 0.188. The molecule has 0 saturated heterocycles. The standard InChI is InChI=1S/C41H40O9/c1-24-20-30-31-38(4,23-48-35(44)27-14-8-5-9-15-27)40(31,50-37(46)29-18-12-7-13-19-29)22-26(3)39(33(30)43)21-25(2)34(41(39,47)32(24)42)49-36(45)28-16-10-6-11-17-28/h5-21,26,30-32,34,42,47H,22-23H2,1-4H3. The molecule has 2 saturated carbocycles. The maximum atomic E-state index is 15.2. The number of hydrogen-bond acceptors (Lipinski definition) is 9. The molecule has 2 N–H and O–H groups in total. The van der Waals surface area contributed by atoms with Crippen molar-refractivity contribution >= 4 is 23.7 Å². The van der Waals surface area contributed by atoms with Crippen LogP contribution >= 0.6 is 0 Å². The Kier molecular flexibility index (Phi) is 7.99. The van der Waals surface area contributed by atoms with Gasteiger partial charge < -0.3 is 24.4 Å². The Morgan fingerprint density at radius 1 is 0.800 bits per heavy atom. The predicted molar refractivity (Wildman–Crippen MR) is 182 cm³/mol. The van der Waals surface area contributed by atoms with E-state index >= 15 is 4.79 Å². The number of aliphatic hydroxyl groups is 2. The molecule has 0 radical (unpaired) electrons. The van der Waals surface area contributed by atoms with Crippen LogP contribution in [0.5, 0.6) is 0 Å². The molecule has 3 aromatic rings. The Labute approximate surface area is 290 Å². The van der Waals surface area contributed by atoms with Crippen molar-refractivity contribution in [1.29, 1.82) is 0 Å². The summed E-state index contributed by atoms with van der Waals surface area (Å²) in [6.07, 6.45) is 0.442. The van der Waals surface area contributed by atoms with Crippen molar-refractivity contribution in [1.82, 2.24) is 0 Å². The van der Waals surface area contributed by atoms with E-state index in [1.54, 1.807) is 124 Å². The van der Waals surface area contributed by atoms with Gasteiger partial charge in [0.05, 0.1) is 22.1 Å². The largest absolute Gasteiger partial charge is 0.461 e. The number of fused-ring (bicyclic) bond motifs is 3. The van der Waals surface area contributed by atoms with Crippen molar-refractivity contribution in [3.63, 3.8) is 0 Å². The molecule has 258 valence electrons. The van der Waals surface area contributed by atoms with Gasteiger partial charge in [0.2, 0.25) is 0 Å². The van der Waals surface area contributed by atoms with Gasteiger partial charge >= 0.3 is 17.9 Å². The van der Waals surface area contributed by atoms with Crippen LogP contribution in [-0.4, -0.2) is 63.9 Å². The minimum atomic E-state index is -2.27. The second kappa shape index (κ2) is 11.9. The number of ether oxygens (including phenoxy) is 3. The number of aliphatic hydroxyl groups excluding tert-OH is 1. The first-order valence-corrected chi connectivity index (χ1v) is 16.9. The molecule has 7 rings (SSSR count). The van der Waals surface area contributed by atoms with E-state index in [2.05, 4.69) is 0 Å². The molecule has 9 nitrogen and oxygen atoms in total. The zero-order valence-electron chi connectivity index (χ0n) is 28.4. The number of rotatable bonds is 7. The Balaban J connectivity index is 1.32. The highest BCUT2D eigenvalue weighted by molar-refractivity contribution is 5.97. The van der Waals surface area contributed by atoms with Gasteiger partial charge in [-0.2, -0.15) is 0 Å². The lowest BCUT2D eigenvalue weighted by Gasteiger charge is -2.49. The van der Waals surface area contributed by atoms with E-state index in [0.29, 0.717) is 22.3 Å². The zero-order chi connectivity index (χ0) is 35.6. The fourth-order valence-electron chi connectivity index (χ4n) is 9.31. The summed E-state index contributed by atoms with van der Waals surface area (Å²) in [7, 11) is 0. The van der Waals surface area contributed by atoms with Gasteiger partial charge in [0.1, 0.15) is 18.3 Å². The monoisotopic (exact) mass is 676 g/mol. The molecule has 0 heterocycles. The van der Waals surface area contributed by atoms with Gasteiger partial charge in [-0.15, -0.1) is 0 Å². The molecule has 2 bridgehead atoms. The summed E-state index contributed by atoms with van der Waals surface area (Å²) in [6.45, 7) is 6.79. The van der Waals surface area contributed by atoms with E-state index in [1.165, 1.54) is 0 Å². The van der Waals surface area contributed by atoms with Crippen molar-refractivity contribution < 1.29 is 43.6 Å². The van der Waals surface area contributed by atoms with Crippen LogP contribution < -0.4 is 0 Å². The molecule has 9 atom stereocenters. The Bertz CT molecular complexity index is 1920. The number of carbonyl (C=O) groups excluding carboxylic acids is 4. The average molecular weight is 677 g/mol. The summed E-state index contributed by atoms with van der Waals surface area (Å²) in [5.74, 6) is -4.62. The van der Waals surface area contributed by atoms with Crippen molar-refractivity contribution in [2.75, 3.05) is 6.61 Å². The molecule has 50 heavy (non-hydrogen) atoms. The third-order valence-corrected chi connectivity index (χ3v) is 11.8. The number of benzene rings is 3. The normalized spacial score (nSPS) is 35.2.